The number of anilines is 1. The zero-order valence-electron chi connectivity index (χ0n) is 18.1. The third-order valence-corrected chi connectivity index (χ3v) is 5.96. The average Bonchev–Trinajstić information content (AvgIpc) is 3.33. The van der Waals surface area contributed by atoms with Gasteiger partial charge in [0.2, 0.25) is 0 Å². The lowest BCUT2D eigenvalue weighted by atomic mass is 9.92. The maximum Gasteiger partial charge on any atom is 0.180 e. The molecule has 0 bridgehead atoms. The zero-order chi connectivity index (χ0) is 21.6. The second-order valence-electron chi connectivity index (χ2n) is 8.54. The van der Waals surface area contributed by atoms with Gasteiger partial charge in [0.1, 0.15) is 0 Å². The first-order valence-corrected chi connectivity index (χ1v) is 11.4. The van der Waals surface area contributed by atoms with Gasteiger partial charge in [0.25, 0.3) is 0 Å². The SMILES string of the molecule is CC(C)CN(c1ccc(-c2ccccc2-c2nnn[nH]2)cc1N=C=S)C1CCCCC1. The van der Waals surface area contributed by atoms with E-state index in [9.17, 15) is 0 Å². The zero-order valence-corrected chi connectivity index (χ0v) is 18.9. The predicted molar refractivity (Wildman–Crippen MR) is 129 cm³/mol. The number of aromatic nitrogens is 4. The van der Waals surface area contributed by atoms with E-state index in [2.05, 4.69) is 73.8 Å². The minimum atomic E-state index is 0.550. The highest BCUT2D eigenvalue weighted by molar-refractivity contribution is 7.78. The first kappa shape index (κ1) is 21.3. The summed E-state index contributed by atoms with van der Waals surface area (Å²) >= 11 is 5.01. The minimum absolute atomic E-state index is 0.550. The normalized spacial score (nSPS) is 14.4. The molecule has 0 unspecified atom stereocenters. The first-order valence-electron chi connectivity index (χ1n) is 11.0. The molecule has 0 amide bonds. The number of H-pyrrole nitrogens is 1. The highest BCUT2D eigenvalue weighted by Crippen LogP contribution is 2.39. The number of nitrogens with zero attached hydrogens (tertiary/aromatic N) is 5. The van der Waals surface area contributed by atoms with E-state index in [1.807, 2.05) is 18.2 Å². The summed E-state index contributed by atoms with van der Waals surface area (Å²) in [6.07, 6.45) is 6.39. The van der Waals surface area contributed by atoms with Crippen molar-refractivity contribution in [1.29, 1.82) is 0 Å². The number of aliphatic imine (C=N–C) groups is 1. The van der Waals surface area contributed by atoms with Crippen LogP contribution in [0, 0.1) is 5.92 Å². The van der Waals surface area contributed by atoms with Crippen LogP contribution in [0.25, 0.3) is 22.5 Å². The molecule has 160 valence electrons. The monoisotopic (exact) mass is 432 g/mol. The number of hydrogen-bond donors (Lipinski definition) is 1. The Labute approximate surface area is 188 Å². The van der Waals surface area contributed by atoms with Gasteiger partial charge in [0.15, 0.2) is 5.82 Å². The largest absolute Gasteiger partial charge is 0.367 e. The molecule has 1 heterocycles. The summed E-state index contributed by atoms with van der Waals surface area (Å²) in [5.74, 6) is 1.20. The van der Waals surface area contributed by atoms with Gasteiger partial charge in [0, 0.05) is 18.2 Å². The second kappa shape index (κ2) is 9.94. The van der Waals surface area contributed by atoms with Crippen molar-refractivity contribution in [3.63, 3.8) is 0 Å². The Hall–Kier alpha value is -2.89. The molecule has 3 aromatic rings. The molecule has 0 radical (unpaired) electrons. The van der Waals surface area contributed by atoms with Crippen molar-refractivity contribution in [1.82, 2.24) is 20.6 Å². The molecule has 1 saturated carbocycles. The Morgan fingerprint density at radius 2 is 1.90 bits per heavy atom. The number of thiocarbonyl (C=S) groups is 1. The second-order valence-corrected chi connectivity index (χ2v) is 8.72. The molecule has 0 aliphatic heterocycles. The van der Waals surface area contributed by atoms with Gasteiger partial charge < -0.3 is 4.90 Å². The molecule has 31 heavy (non-hydrogen) atoms. The maximum atomic E-state index is 5.01. The highest BCUT2D eigenvalue weighted by Gasteiger charge is 2.24. The molecular formula is C24H28N6S. The highest BCUT2D eigenvalue weighted by atomic mass is 32.1. The fraction of sp³-hybridized carbons (Fsp3) is 0.417. The number of nitrogens with one attached hydrogen (secondary N) is 1. The van der Waals surface area contributed by atoms with Crippen molar-refractivity contribution in [2.24, 2.45) is 10.9 Å². The molecule has 2 aromatic carbocycles. The van der Waals surface area contributed by atoms with Crippen LogP contribution >= 0.6 is 12.2 Å². The lowest BCUT2D eigenvalue weighted by molar-refractivity contribution is 0.401. The van der Waals surface area contributed by atoms with Crippen molar-refractivity contribution in [3.8, 4) is 22.5 Å². The van der Waals surface area contributed by atoms with Crippen LogP contribution in [-0.4, -0.2) is 38.4 Å². The number of hydrogen-bond acceptors (Lipinski definition) is 6. The summed E-state index contributed by atoms with van der Waals surface area (Å²) in [7, 11) is 0. The number of isothiocyanates is 1. The lowest BCUT2D eigenvalue weighted by Crippen LogP contribution is -2.39. The molecule has 0 saturated heterocycles. The van der Waals surface area contributed by atoms with E-state index in [-0.39, 0.29) is 0 Å². The van der Waals surface area contributed by atoms with Gasteiger partial charge in [-0.3, -0.25) is 0 Å². The molecule has 1 aliphatic carbocycles. The number of tetrazole rings is 1. The van der Waals surface area contributed by atoms with E-state index in [0.29, 0.717) is 17.8 Å². The Morgan fingerprint density at radius 3 is 2.58 bits per heavy atom. The Balaban J connectivity index is 1.78. The molecule has 1 fully saturated rings. The fourth-order valence-electron chi connectivity index (χ4n) is 4.52. The van der Waals surface area contributed by atoms with Crippen LogP contribution in [0.1, 0.15) is 46.0 Å². The van der Waals surface area contributed by atoms with Crippen LogP contribution in [0.4, 0.5) is 11.4 Å². The van der Waals surface area contributed by atoms with Crippen LogP contribution < -0.4 is 4.90 Å². The van der Waals surface area contributed by atoms with Crippen LogP contribution in [0.3, 0.4) is 0 Å². The van der Waals surface area contributed by atoms with E-state index in [4.69, 9.17) is 12.2 Å². The Morgan fingerprint density at radius 1 is 1.13 bits per heavy atom. The van der Waals surface area contributed by atoms with Crippen LogP contribution in [0.5, 0.6) is 0 Å². The molecular weight excluding hydrogens is 404 g/mol. The Kier molecular flexibility index (Phi) is 6.85. The summed E-state index contributed by atoms with van der Waals surface area (Å²) < 4.78 is 0. The van der Waals surface area contributed by atoms with Gasteiger partial charge in [-0.25, -0.2) is 5.10 Å². The van der Waals surface area contributed by atoms with Gasteiger partial charge in [0.05, 0.1) is 16.5 Å². The van der Waals surface area contributed by atoms with Gasteiger partial charge >= 0.3 is 0 Å². The van der Waals surface area contributed by atoms with Gasteiger partial charge in [-0.05, 0) is 64.7 Å². The molecule has 1 N–H and O–H groups in total. The lowest BCUT2D eigenvalue weighted by Gasteiger charge is -2.38. The van der Waals surface area contributed by atoms with Crippen LogP contribution in [0.2, 0.25) is 0 Å². The summed E-state index contributed by atoms with van der Waals surface area (Å²) in [5, 5.41) is 17.0. The molecule has 4 rings (SSSR count). The van der Waals surface area contributed by atoms with Gasteiger partial charge in [-0.1, -0.05) is 63.4 Å². The van der Waals surface area contributed by atoms with E-state index >= 15 is 0 Å². The van der Waals surface area contributed by atoms with Gasteiger partial charge in [-0.15, -0.1) is 5.10 Å². The number of aromatic amines is 1. The van der Waals surface area contributed by atoms with Crippen molar-refractivity contribution >= 4 is 28.8 Å². The smallest absolute Gasteiger partial charge is 0.180 e. The summed E-state index contributed by atoms with van der Waals surface area (Å²) in [6.45, 7) is 5.55. The third-order valence-electron chi connectivity index (χ3n) is 5.87. The topological polar surface area (TPSA) is 70.1 Å². The van der Waals surface area contributed by atoms with Crippen LogP contribution in [-0.2, 0) is 0 Å². The van der Waals surface area contributed by atoms with Crippen LogP contribution in [0.15, 0.2) is 47.5 Å². The summed E-state index contributed by atoms with van der Waals surface area (Å²) in [5.41, 5.74) is 5.04. The Bertz CT molecular complexity index is 1050. The molecule has 0 spiro atoms. The standard InChI is InChI=1S/C24H28N6S/c1-17(2)15-30(19-8-4-3-5-9-19)23-13-12-18(14-22(23)25-16-31)20-10-6-7-11-21(20)24-26-28-29-27-24/h6-7,10-14,17,19H,3-5,8-9,15H2,1-2H3,(H,26,27,28,29). The summed E-state index contributed by atoms with van der Waals surface area (Å²) in [4.78, 5) is 7.03. The van der Waals surface area contributed by atoms with Crippen molar-refractivity contribution in [3.05, 3.63) is 42.5 Å². The minimum Gasteiger partial charge on any atom is -0.367 e. The van der Waals surface area contributed by atoms with Crippen molar-refractivity contribution < 1.29 is 0 Å². The molecule has 1 aliphatic rings. The van der Waals surface area contributed by atoms with Crippen molar-refractivity contribution in [2.45, 2.75) is 52.0 Å². The summed E-state index contributed by atoms with van der Waals surface area (Å²) in [6, 6.07) is 15.1. The van der Waals surface area contributed by atoms with Crippen molar-refractivity contribution in [2.75, 3.05) is 11.4 Å². The molecule has 0 atom stereocenters. The van der Waals surface area contributed by atoms with Gasteiger partial charge in [-0.2, -0.15) is 4.99 Å². The quantitative estimate of drug-likeness (QED) is 0.363. The fourth-order valence-corrected chi connectivity index (χ4v) is 4.62. The average molecular weight is 433 g/mol. The van der Waals surface area contributed by atoms with E-state index in [1.165, 1.54) is 32.1 Å². The third kappa shape index (κ3) is 4.89. The number of benzene rings is 2. The first-order chi connectivity index (χ1) is 15.2. The molecule has 1 aromatic heterocycles. The number of rotatable bonds is 7. The van der Waals surface area contributed by atoms with E-state index < -0.39 is 0 Å². The molecule has 7 heteroatoms. The van der Waals surface area contributed by atoms with E-state index in [0.717, 1.165) is 34.6 Å². The predicted octanol–water partition coefficient (Wildman–Crippen LogP) is 6.06. The van der Waals surface area contributed by atoms with E-state index in [1.54, 1.807) is 0 Å². The molecule has 6 nitrogen and oxygen atoms in total. The maximum absolute atomic E-state index is 5.01.